The van der Waals surface area contributed by atoms with E-state index < -0.39 is 10.0 Å². The molecule has 0 fully saturated rings. The van der Waals surface area contributed by atoms with Crippen LogP contribution in [-0.4, -0.2) is 23.7 Å². The molecule has 1 aliphatic rings. The zero-order chi connectivity index (χ0) is 21.1. The zero-order valence-corrected chi connectivity index (χ0v) is 18.8. The molecule has 3 aromatic rings. The lowest BCUT2D eigenvalue weighted by Crippen LogP contribution is -2.15. The number of nitrogens with two attached hydrogens (primary N) is 1. The lowest BCUT2D eigenvalue weighted by molar-refractivity contribution is 0.597. The highest BCUT2D eigenvalue weighted by molar-refractivity contribution is 7.99. The van der Waals surface area contributed by atoms with Crippen LogP contribution in [0.3, 0.4) is 0 Å². The van der Waals surface area contributed by atoms with E-state index >= 15 is 0 Å². The number of fused-ring (bicyclic) bond motifs is 1. The predicted octanol–water partition coefficient (Wildman–Crippen LogP) is 4.63. The Labute approximate surface area is 182 Å². The highest BCUT2D eigenvalue weighted by atomic mass is 32.2. The minimum Gasteiger partial charge on any atom is -0.326 e. The van der Waals surface area contributed by atoms with Gasteiger partial charge in [0.1, 0.15) is 10.9 Å². The maximum Gasteiger partial charge on any atom is 0.238 e. The van der Waals surface area contributed by atoms with Gasteiger partial charge in [-0.1, -0.05) is 55.8 Å². The maximum atomic E-state index is 12.4. The Kier molecular flexibility index (Phi) is 6.32. The van der Waals surface area contributed by atoms with Gasteiger partial charge in [0.25, 0.3) is 0 Å². The number of thioether (sulfide) groups is 1. The Hall–Kier alpha value is -2.09. The SMILES string of the molecule is CCCCc1nc2c(n1Cc1ccc(-c3ccccc3)c(S(N)(=O)=O)c1)CCCS2. The van der Waals surface area contributed by atoms with E-state index in [0.717, 1.165) is 59.8 Å². The second-order valence-electron chi connectivity index (χ2n) is 7.66. The second kappa shape index (κ2) is 8.96. The van der Waals surface area contributed by atoms with Gasteiger partial charge in [-0.15, -0.1) is 11.8 Å². The van der Waals surface area contributed by atoms with Crippen molar-refractivity contribution >= 4 is 21.8 Å². The molecule has 0 radical (unpaired) electrons. The van der Waals surface area contributed by atoms with Crippen LogP contribution in [0.5, 0.6) is 0 Å². The molecule has 5 nitrogen and oxygen atoms in total. The molecule has 0 spiro atoms. The van der Waals surface area contributed by atoms with Crippen molar-refractivity contribution in [1.82, 2.24) is 9.55 Å². The fourth-order valence-corrected chi connectivity index (χ4v) is 5.77. The fourth-order valence-electron chi connectivity index (χ4n) is 3.93. The Balaban J connectivity index is 1.75. The number of aromatic nitrogens is 2. The summed E-state index contributed by atoms with van der Waals surface area (Å²) in [6, 6.07) is 15.1. The van der Waals surface area contributed by atoms with E-state index in [1.807, 2.05) is 54.2 Å². The lowest BCUT2D eigenvalue weighted by Gasteiger charge is -2.16. The van der Waals surface area contributed by atoms with E-state index in [-0.39, 0.29) is 4.90 Å². The van der Waals surface area contributed by atoms with Gasteiger partial charge in [-0.25, -0.2) is 18.5 Å². The number of primary sulfonamides is 1. The van der Waals surface area contributed by atoms with Crippen LogP contribution in [0.15, 0.2) is 58.5 Å². The molecule has 7 heteroatoms. The molecule has 30 heavy (non-hydrogen) atoms. The van der Waals surface area contributed by atoms with Gasteiger partial charge in [0.2, 0.25) is 10.0 Å². The lowest BCUT2D eigenvalue weighted by atomic mass is 10.0. The molecule has 0 unspecified atom stereocenters. The number of aryl methyl sites for hydroxylation is 1. The summed E-state index contributed by atoms with van der Waals surface area (Å²) in [7, 11) is -3.85. The Morgan fingerprint density at radius 1 is 1.17 bits per heavy atom. The third-order valence-corrected chi connectivity index (χ3v) is 7.49. The number of sulfonamides is 1. The monoisotopic (exact) mass is 441 g/mol. The number of nitrogens with zero attached hydrogens (tertiary/aromatic N) is 2. The number of imidazole rings is 1. The first-order valence-electron chi connectivity index (χ1n) is 10.4. The van der Waals surface area contributed by atoms with E-state index in [1.54, 1.807) is 6.07 Å². The summed E-state index contributed by atoms with van der Waals surface area (Å²) >= 11 is 1.83. The molecular weight excluding hydrogens is 414 g/mol. The number of hydrogen-bond acceptors (Lipinski definition) is 4. The molecule has 0 aliphatic carbocycles. The second-order valence-corrected chi connectivity index (χ2v) is 10.3. The van der Waals surface area contributed by atoms with Gasteiger partial charge >= 0.3 is 0 Å². The number of rotatable bonds is 7. The van der Waals surface area contributed by atoms with Crippen molar-refractivity contribution in [3.63, 3.8) is 0 Å². The summed E-state index contributed by atoms with van der Waals surface area (Å²) in [5.74, 6) is 2.21. The van der Waals surface area contributed by atoms with Crippen molar-refractivity contribution in [2.24, 2.45) is 5.14 Å². The van der Waals surface area contributed by atoms with Crippen molar-refractivity contribution < 1.29 is 8.42 Å². The number of unbranched alkanes of at least 4 members (excludes halogenated alkanes) is 1. The number of benzene rings is 2. The van der Waals surface area contributed by atoms with E-state index in [9.17, 15) is 8.42 Å². The maximum absolute atomic E-state index is 12.4. The average Bonchev–Trinajstić information content (AvgIpc) is 3.09. The van der Waals surface area contributed by atoms with Crippen LogP contribution < -0.4 is 5.14 Å². The smallest absolute Gasteiger partial charge is 0.238 e. The molecule has 0 atom stereocenters. The van der Waals surface area contributed by atoms with Crippen molar-refractivity contribution in [2.75, 3.05) is 5.75 Å². The van der Waals surface area contributed by atoms with Gasteiger partial charge in [0.05, 0.1) is 10.6 Å². The molecule has 2 aromatic carbocycles. The van der Waals surface area contributed by atoms with Gasteiger partial charge in [-0.3, -0.25) is 0 Å². The van der Waals surface area contributed by atoms with Crippen LogP contribution in [0.4, 0.5) is 0 Å². The minimum atomic E-state index is -3.85. The third kappa shape index (κ3) is 4.48. The topological polar surface area (TPSA) is 78.0 Å². The van der Waals surface area contributed by atoms with Gasteiger partial charge in [0.15, 0.2) is 0 Å². The van der Waals surface area contributed by atoms with E-state index in [4.69, 9.17) is 10.1 Å². The molecule has 0 saturated heterocycles. The van der Waals surface area contributed by atoms with Crippen LogP contribution in [0, 0.1) is 0 Å². The third-order valence-electron chi connectivity index (χ3n) is 5.44. The van der Waals surface area contributed by atoms with E-state index in [0.29, 0.717) is 12.1 Å². The summed E-state index contributed by atoms with van der Waals surface area (Å²) in [5, 5.41) is 6.73. The summed E-state index contributed by atoms with van der Waals surface area (Å²) in [6.45, 7) is 2.79. The van der Waals surface area contributed by atoms with Crippen LogP contribution in [0.25, 0.3) is 11.1 Å². The van der Waals surface area contributed by atoms with Crippen LogP contribution >= 0.6 is 11.8 Å². The molecule has 158 valence electrons. The van der Waals surface area contributed by atoms with Crippen molar-refractivity contribution in [1.29, 1.82) is 0 Å². The molecular formula is C23H27N3O2S2. The molecule has 0 bridgehead atoms. The van der Waals surface area contributed by atoms with Crippen molar-refractivity contribution in [3.8, 4) is 11.1 Å². The fraction of sp³-hybridized carbons (Fsp3) is 0.348. The summed E-state index contributed by atoms with van der Waals surface area (Å²) in [5.41, 5.74) is 3.68. The Bertz CT molecular complexity index is 1140. The molecule has 0 saturated carbocycles. The molecule has 4 rings (SSSR count). The van der Waals surface area contributed by atoms with Crippen LogP contribution in [0.1, 0.15) is 43.3 Å². The normalized spacial score (nSPS) is 13.9. The first-order chi connectivity index (χ1) is 14.5. The van der Waals surface area contributed by atoms with E-state index in [1.165, 1.54) is 5.69 Å². The van der Waals surface area contributed by atoms with E-state index in [2.05, 4.69) is 11.5 Å². The molecule has 2 N–H and O–H groups in total. The molecule has 0 amide bonds. The van der Waals surface area contributed by atoms with Gasteiger partial charge in [-0.05, 0) is 42.2 Å². The van der Waals surface area contributed by atoms with Crippen LogP contribution in [0.2, 0.25) is 0 Å². The van der Waals surface area contributed by atoms with Gasteiger partial charge in [0, 0.05) is 18.5 Å². The summed E-state index contributed by atoms with van der Waals surface area (Å²) < 4.78 is 27.0. The molecule has 1 aromatic heterocycles. The van der Waals surface area contributed by atoms with Gasteiger partial charge in [-0.2, -0.15) is 0 Å². The first kappa shape index (κ1) is 21.2. The molecule has 1 aliphatic heterocycles. The quantitative estimate of drug-likeness (QED) is 0.580. The Morgan fingerprint density at radius 3 is 2.70 bits per heavy atom. The first-order valence-corrected chi connectivity index (χ1v) is 12.9. The zero-order valence-electron chi connectivity index (χ0n) is 17.2. The standard InChI is InChI=1S/C23H27N3O2S2/c1-2-3-11-22-25-23-20(10-7-14-29-23)26(22)16-17-12-13-19(18-8-5-4-6-9-18)21(15-17)30(24,27)28/h4-6,8-9,12-13,15H,2-3,7,10-11,14,16H2,1H3,(H2,24,27,28). The highest BCUT2D eigenvalue weighted by Gasteiger charge is 2.22. The summed E-state index contributed by atoms with van der Waals surface area (Å²) in [6.07, 6.45) is 5.31. The predicted molar refractivity (Wildman–Crippen MR) is 122 cm³/mol. The average molecular weight is 442 g/mol. The number of hydrogen-bond donors (Lipinski definition) is 1. The van der Waals surface area contributed by atoms with Crippen LogP contribution in [-0.2, 0) is 29.4 Å². The highest BCUT2D eigenvalue weighted by Crippen LogP contribution is 2.32. The van der Waals surface area contributed by atoms with Gasteiger partial charge < -0.3 is 4.57 Å². The molecule has 2 heterocycles. The largest absolute Gasteiger partial charge is 0.326 e. The van der Waals surface area contributed by atoms with Crippen molar-refractivity contribution in [2.45, 2.75) is 55.5 Å². The minimum absolute atomic E-state index is 0.171. The van der Waals surface area contributed by atoms with Crippen molar-refractivity contribution in [3.05, 3.63) is 65.6 Å². The summed E-state index contributed by atoms with van der Waals surface area (Å²) in [4.78, 5) is 5.07. The Morgan fingerprint density at radius 2 is 1.97 bits per heavy atom.